The average Bonchev–Trinajstić information content (AvgIpc) is 2.56. The number of piperidine rings is 1. The standard InChI is InChI=1S/C13H25N3O3S/c1-10-7-11(14)3-5-16(10)8-12(17)15-13(2)4-6-20(18,19)9-13/h10-11H,3-9,14H2,1-2H3,(H,15,17). The first-order valence-corrected chi connectivity index (χ1v) is 9.02. The lowest BCUT2D eigenvalue weighted by Crippen LogP contribution is -2.53. The number of hydrogen-bond donors (Lipinski definition) is 2. The molecule has 0 radical (unpaired) electrons. The number of likely N-dealkylation sites (tertiary alicyclic amines) is 1. The molecule has 0 saturated carbocycles. The van der Waals surface area contributed by atoms with Crippen LogP contribution in [0.4, 0.5) is 0 Å². The summed E-state index contributed by atoms with van der Waals surface area (Å²) in [6.45, 7) is 5.04. The molecular formula is C13H25N3O3S. The van der Waals surface area contributed by atoms with Gasteiger partial charge in [0.1, 0.15) is 0 Å². The van der Waals surface area contributed by atoms with E-state index in [0.29, 0.717) is 19.0 Å². The number of carbonyl (C=O) groups is 1. The number of nitrogens with zero attached hydrogens (tertiary/aromatic N) is 1. The number of sulfone groups is 1. The number of amides is 1. The van der Waals surface area contributed by atoms with Gasteiger partial charge in [-0.2, -0.15) is 0 Å². The Bertz CT molecular complexity index is 479. The SMILES string of the molecule is CC1CC(N)CCN1CC(=O)NC1(C)CCS(=O)(=O)C1. The molecule has 0 bridgehead atoms. The lowest BCUT2D eigenvalue weighted by molar-refractivity contribution is -0.124. The number of carbonyl (C=O) groups excluding carboxylic acids is 1. The predicted molar refractivity (Wildman–Crippen MR) is 78.1 cm³/mol. The summed E-state index contributed by atoms with van der Waals surface area (Å²) in [4.78, 5) is 14.2. The third kappa shape index (κ3) is 3.93. The Morgan fingerprint density at radius 2 is 2.20 bits per heavy atom. The van der Waals surface area contributed by atoms with E-state index in [2.05, 4.69) is 17.1 Å². The van der Waals surface area contributed by atoms with Crippen LogP contribution in [0.3, 0.4) is 0 Å². The molecule has 20 heavy (non-hydrogen) atoms. The Hall–Kier alpha value is -0.660. The number of rotatable bonds is 3. The fraction of sp³-hybridized carbons (Fsp3) is 0.923. The zero-order valence-corrected chi connectivity index (χ0v) is 13.1. The van der Waals surface area contributed by atoms with Crippen molar-refractivity contribution in [3.8, 4) is 0 Å². The Labute approximate surface area is 121 Å². The molecule has 7 heteroatoms. The summed E-state index contributed by atoms with van der Waals surface area (Å²) in [6.07, 6.45) is 2.31. The number of nitrogens with two attached hydrogens (primary N) is 1. The first-order chi connectivity index (χ1) is 9.19. The maximum absolute atomic E-state index is 12.1. The van der Waals surface area contributed by atoms with Crippen LogP contribution < -0.4 is 11.1 Å². The fourth-order valence-corrected chi connectivity index (χ4v) is 5.25. The monoisotopic (exact) mass is 303 g/mol. The van der Waals surface area contributed by atoms with Gasteiger partial charge in [0.25, 0.3) is 0 Å². The van der Waals surface area contributed by atoms with E-state index in [1.165, 1.54) is 0 Å². The molecule has 0 aromatic carbocycles. The molecule has 3 atom stereocenters. The molecule has 116 valence electrons. The average molecular weight is 303 g/mol. The van der Waals surface area contributed by atoms with E-state index in [0.717, 1.165) is 19.4 Å². The molecule has 0 aromatic rings. The van der Waals surface area contributed by atoms with E-state index in [9.17, 15) is 13.2 Å². The van der Waals surface area contributed by atoms with Gasteiger partial charge in [0.05, 0.1) is 23.6 Å². The van der Waals surface area contributed by atoms with Crippen molar-refractivity contribution in [3.05, 3.63) is 0 Å². The van der Waals surface area contributed by atoms with Crippen molar-refractivity contribution in [2.45, 2.75) is 50.7 Å². The molecule has 1 amide bonds. The van der Waals surface area contributed by atoms with Gasteiger partial charge >= 0.3 is 0 Å². The highest BCUT2D eigenvalue weighted by Gasteiger charge is 2.39. The minimum Gasteiger partial charge on any atom is -0.349 e. The van der Waals surface area contributed by atoms with Crippen LogP contribution in [0.25, 0.3) is 0 Å². The normalized spacial score (nSPS) is 37.8. The molecule has 0 aromatic heterocycles. The van der Waals surface area contributed by atoms with Crippen molar-refractivity contribution in [2.24, 2.45) is 5.73 Å². The Morgan fingerprint density at radius 1 is 1.50 bits per heavy atom. The van der Waals surface area contributed by atoms with Crippen LogP contribution in [0.1, 0.15) is 33.1 Å². The van der Waals surface area contributed by atoms with Gasteiger partial charge in [-0.25, -0.2) is 8.42 Å². The van der Waals surface area contributed by atoms with Crippen LogP contribution in [-0.4, -0.2) is 61.4 Å². The highest BCUT2D eigenvalue weighted by atomic mass is 32.2. The maximum atomic E-state index is 12.1. The summed E-state index contributed by atoms with van der Waals surface area (Å²) in [5.74, 6) is 0.122. The summed E-state index contributed by atoms with van der Waals surface area (Å²) in [5.41, 5.74) is 5.30. The molecule has 6 nitrogen and oxygen atoms in total. The van der Waals surface area contributed by atoms with E-state index in [1.54, 1.807) is 0 Å². The molecule has 2 heterocycles. The molecule has 0 aliphatic carbocycles. The Balaban J connectivity index is 1.87. The summed E-state index contributed by atoms with van der Waals surface area (Å²) in [5, 5.41) is 2.90. The van der Waals surface area contributed by atoms with Crippen LogP contribution in [0.2, 0.25) is 0 Å². The first-order valence-electron chi connectivity index (χ1n) is 7.20. The molecular weight excluding hydrogens is 278 g/mol. The van der Waals surface area contributed by atoms with Crippen LogP contribution in [0.5, 0.6) is 0 Å². The van der Waals surface area contributed by atoms with Crippen LogP contribution in [0.15, 0.2) is 0 Å². The van der Waals surface area contributed by atoms with Crippen molar-refractivity contribution >= 4 is 15.7 Å². The Kier molecular flexibility index (Phi) is 4.41. The second-order valence-corrected chi connectivity index (χ2v) is 8.74. The fourth-order valence-electron chi connectivity index (χ4n) is 3.16. The molecule has 2 fully saturated rings. The van der Waals surface area contributed by atoms with Crippen molar-refractivity contribution in [1.82, 2.24) is 10.2 Å². The van der Waals surface area contributed by atoms with Crippen molar-refractivity contribution in [3.63, 3.8) is 0 Å². The van der Waals surface area contributed by atoms with Gasteiger partial charge in [-0.3, -0.25) is 9.69 Å². The zero-order chi connectivity index (χ0) is 15.0. The first kappa shape index (κ1) is 15.7. The Morgan fingerprint density at radius 3 is 2.75 bits per heavy atom. The van der Waals surface area contributed by atoms with E-state index in [4.69, 9.17) is 5.73 Å². The smallest absolute Gasteiger partial charge is 0.234 e. The summed E-state index contributed by atoms with van der Waals surface area (Å²) >= 11 is 0. The molecule has 2 aliphatic heterocycles. The second-order valence-electron chi connectivity index (χ2n) is 6.55. The molecule has 2 aliphatic rings. The number of hydrogen-bond acceptors (Lipinski definition) is 5. The zero-order valence-electron chi connectivity index (χ0n) is 12.3. The highest BCUT2D eigenvalue weighted by molar-refractivity contribution is 7.91. The minimum absolute atomic E-state index is 0.0478. The van der Waals surface area contributed by atoms with Crippen molar-refractivity contribution < 1.29 is 13.2 Å². The highest BCUT2D eigenvalue weighted by Crippen LogP contribution is 2.23. The van der Waals surface area contributed by atoms with Gasteiger partial charge < -0.3 is 11.1 Å². The van der Waals surface area contributed by atoms with E-state index < -0.39 is 15.4 Å². The van der Waals surface area contributed by atoms with Crippen molar-refractivity contribution in [2.75, 3.05) is 24.6 Å². The van der Waals surface area contributed by atoms with Gasteiger partial charge in [-0.15, -0.1) is 0 Å². The van der Waals surface area contributed by atoms with Gasteiger partial charge in [0.2, 0.25) is 5.91 Å². The van der Waals surface area contributed by atoms with Gasteiger partial charge in [-0.05, 0) is 33.1 Å². The third-order valence-electron chi connectivity index (χ3n) is 4.35. The van der Waals surface area contributed by atoms with Crippen LogP contribution in [0, 0.1) is 0 Å². The lowest BCUT2D eigenvalue weighted by Gasteiger charge is -2.36. The summed E-state index contributed by atoms with van der Waals surface area (Å²) in [7, 11) is -3.00. The van der Waals surface area contributed by atoms with Gasteiger partial charge in [-0.1, -0.05) is 0 Å². The van der Waals surface area contributed by atoms with Crippen LogP contribution >= 0.6 is 0 Å². The van der Waals surface area contributed by atoms with E-state index in [-0.39, 0.29) is 23.5 Å². The maximum Gasteiger partial charge on any atom is 0.234 e. The molecule has 2 saturated heterocycles. The van der Waals surface area contributed by atoms with E-state index in [1.807, 2.05) is 6.92 Å². The molecule has 3 N–H and O–H groups in total. The molecule has 3 unspecified atom stereocenters. The largest absolute Gasteiger partial charge is 0.349 e. The van der Waals surface area contributed by atoms with Gasteiger partial charge in [0.15, 0.2) is 9.84 Å². The quantitative estimate of drug-likeness (QED) is 0.733. The van der Waals surface area contributed by atoms with Crippen LogP contribution in [-0.2, 0) is 14.6 Å². The minimum atomic E-state index is -3.00. The van der Waals surface area contributed by atoms with E-state index >= 15 is 0 Å². The third-order valence-corrected chi connectivity index (χ3v) is 6.25. The molecule has 2 rings (SSSR count). The van der Waals surface area contributed by atoms with Crippen molar-refractivity contribution in [1.29, 1.82) is 0 Å². The lowest BCUT2D eigenvalue weighted by atomic mass is 9.99. The number of nitrogens with one attached hydrogen (secondary N) is 1. The summed E-state index contributed by atoms with van der Waals surface area (Å²) < 4.78 is 23.1. The van der Waals surface area contributed by atoms with Gasteiger partial charge in [0, 0.05) is 18.6 Å². The predicted octanol–water partition coefficient (Wildman–Crippen LogP) is -0.509. The molecule has 0 spiro atoms. The second kappa shape index (κ2) is 5.61. The summed E-state index contributed by atoms with van der Waals surface area (Å²) in [6, 6.07) is 0.520. The topological polar surface area (TPSA) is 92.5 Å².